The highest BCUT2D eigenvalue weighted by Crippen LogP contribution is 2.21. The fourth-order valence-electron chi connectivity index (χ4n) is 3.85. The number of likely N-dealkylation sites (tertiary alicyclic amines) is 1. The van der Waals surface area contributed by atoms with Crippen LogP contribution in [0.4, 0.5) is 0 Å². The first-order valence-electron chi connectivity index (χ1n) is 11.1. The van der Waals surface area contributed by atoms with E-state index in [0.29, 0.717) is 18.9 Å². The summed E-state index contributed by atoms with van der Waals surface area (Å²) in [5.74, 6) is 1.61. The molecule has 2 rings (SSSR count). The average molecular weight is 530 g/mol. The molecule has 0 aliphatic carbocycles. The van der Waals surface area contributed by atoms with Crippen LogP contribution in [0, 0.1) is 5.92 Å². The maximum absolute atomic E-state index is 11.6. The van der Waals surface area contributed by atoms with Gasteiger partial charge >= 0.3 is 0 Å². The molecule has 6 nitrogen and oxygen atoms in total. The van der Waals surface area contributed by atoms with Gasteiger partial charge in [-0.25, -0.2) is 4.99 Å². The van der Waals surface area contributed by atoms with Gasteiger partial charge in [-0.15, -0.1) is 24.0 Å². The number of benzene rings is 1. The van der Waals surface area contributed by atoms with Crippen molar-refractivity contribution in [3.05, 3.63) is 35.4 Å². The standard InChI is InChI=1S/C23H39N5O.HI/c1-5-25-23(28-14-12-19(13-15-28)16-22(29)24-4)26-17-20-10-8-9-11-21(20)18-27(6-2)7-3;/h8-11,19H,5-7,12-18H2,1-4H3,(H,24,29)(H,25,26);1H. The molecular formula is C23H40IN5O. The molecule has 1 aromatic rings. The quantitative estimate of drug-likeness (QED) is 0.292. The molecule has 0 aromatic heterocycles. The Balaban J connectivity index is 0.00000450. The molecule has 1 amide bonds. The Morgan fingerprint density at radius 1 is 1.13 bits per heavy atom. The van der Waals surface area contributed by atoms with Gasteiger partial charge in [-0.05, 0) is 49.9 Å². The van der Waals surface area contributed by atoms with Gasteiger partial charge in [-0.3, -0.25) is 9.69 Å². The van der Waals surface area contributed by atoms with Crippen LogP contribution in [0.15, 0.2) is 29.3 Å². The topological polar surface area (TPSA) is 60.0 Å². The van der Waals surface area contributed by atoms with Crippen LogP contribution in [-0.2, 0) is 17.9 Å². The number of hydrogen-bond donors (Lipinski definition) is 2. The molecule has 1 fully saturated rings. The Morgan fingerprint density at radius 3 is 2.33 bits per heavy atom. The number of rotatable bonds is 9. The predicted molar refractivity (Wildman–Crippen MR) is 136 cm³/mol. The van der Waals surface area contributed by atoms with Gasteiger partial charge in [0.2, 0.25) is 5.91 Å². The predicted octanol–water partition coefficient (Wildman–Crippen LogP) is 3.46. The molecule has 30 heavy (non-hydrogen) atoms. The average Bonchev–Trinajstić information content (AvgIpc) is 2.76. The second kappa shape index (κ2) is 14.6. The molecule has 1 aliphatic heterocycles. The lowest BCUT2D eigenvalue weighted by molar-refractivity contribution is -0.121. The summed E-state index contributed by atoms with van der Waals surface area (Å²) in [6.45, 7) is 13.1. The summed E-state index contributed by atoms with van der Waals surface area (Å²) >= 11 is 0. The van der Waals surface area contributed by atoms with Crippen molar-refractivity contribution in [2.45, 2.75) is 53.1 Å². The highest BCUT2D eigenvalue weighted by Gasteiger charge is 2.23. The second-order valence-electron chi connectivity index (χ2n) is 7.71. The second-order valence-corrected chi connectivity index (χ2v) is 7.71. The zero-order valence-corrected chi connectivity index (χ0v) is 21.4. The molecule has 0 bridgehead atoms. The smallest absolute Gasteiger partial charge is 0.220 e. The Labute approximate surface area is 199 Å². The van der Waals surface area contributed by atoms with Crippen LogP contribution in [0.25, 0.3) is 0 Å². The van der Waals surface area contributed by atoms with Crippen molar-refractivity contribution >= 4 is 35.8 Å². The summed E-state index contributed by atoms with van der Waals surface area (Å²) in [6, 6.07) is 8.64. The molecule has 7 heteroatoms. The number of hydrogen-bond acceptors (Lipinski definition) is 3. The third-order valence-electron chi connectivity index (χ3n) is 5.81. The van der Waals surface area contributed by atoms with E-state index in [1.54, 1.807) is 7.05 Å². The summed E-state index contributed by atoms with van der Waals surface area (Å²) < 4.78 is 0. The normalized spacial score (nSPS) is 15.1. The zero-order chi connectivity index (χ0) is 21.1. The minimum atomic E-state index is 0. The number of nitrogens with one attached hydrogen (secondary N) is 2. The summed E-state index contributed by atoms with van der Waals surface area (Å²) in [4.78, 5) is 21.4. The highest BCUT2D eigenvalue weighted by molar-refractivity contribution is 14.0. The SMILES string of the molecule is CCNC(=NCc1ccccc1CN(CC)CC)N1CCC(CC(=O)NC)CC1.I. The third kappa shape index (κ3) is 8.41. The lowest BCUT2D eigenvalue weighted by Gasteiger charge is -2.34. The molecule has 2 N–H and O–H groups in total. The highest BCUT2D eigenvalue weighted by atomic mass is 127. The number of nitrogens with zero attached hydrogens (tertiary/aromatic N) is 3. The Hall–Kier alpha value is -1.35. The lowest BCUT2D eigenvalue weighted by Crippen LogP contribution is -2.46. The maximum Gasteiger partial charge on any atom is 0.220 e. The van der Waals surface area contributed by atoms with Crippen LogP contribution in [0.3, 0.4) is 0 Å². The molecule has 0 unspecified atom stereocenters. The first-order valence-corrected chi connectivity index (χ1v) is 11.1. The van der Waals surface area contributed by atoms with Crippen molar-refractivity contribution in [1.82, 2.24) is 20.4 Å². The van der Waals surface area contributed by atoms with Crippen molar-refractivity contribution in [3.8, 4) is 0 Å². The van der Waals surface area contributed by atoms with Crippen LogP contribution in [0.5, 0.6) is 0 Å². The summed E-state index contributed by atoms with van der Waals surface area (Å²) in [5.41, 5.74) is 2.66. The molecule has 170 valence electrons. The lowest BCUT2D eigenvalue weighted by atomic mass is 9.93. The molecule has 1 aromatic carbocycles. The van der Waals surface area contributed by atoms with Crippen LogP contribution in [-0.4, -0.2) is 61.4 Å². The monoisotopic (exact) mass is 529 g/mol. The molecule has 1 saturated heterocycles. The molecule has 0 radical (unpaired) electrons. The van der Waals surface area contributed by atoms with Crippen molar-refractivity contribution < 1.29 is 4.79 Å². The fourth-order valence-corrected chi connectivity index (χ4v) is 3.85. The van der Waals surface area contributed by atoms with Crippen LogP contribution in [0.1, 0.15) is 51.2 Å². The van der Waals surface area contributed by atoms with E-state index >= 15 is 0 Å². The maximum atomic E-state index is 11.6. The molecule has 0 saturated carbocycles. The number of halogens is 1. The van der Waals surface area contributed by atoms with Gasteiger partial charge in [0.1, 0.15) is 0 Å². The first-order chi connectivity index (χ1) is 14.1. The van der Waals surface area contributed by atoms with Gasteiger partial charge in [-0.2, -0.15) is 0 Å². The van der Waals surface area contributed by atoms with Crippen molar-refractivity contribution in [2.24, 2.45) is 10.9 Å². The van der Waals surface area contributed by atoms with Gasteiger partial charge < -0.3 is 15.5 Å². The summed E-state index contributed by atoms with van der Waals surface area (Å²) in [5, 5.41) is 6.20. The Morgan fingerprint density at radius 2 is 1.77 bits per heavy atom. The summed E-state index contributed by atoms with van der Waals surface area (Å²) in [6.07, 6.45) is 2.71. The van der Waals surface area contributed by atoms with Crippen molar-refractivity contribution in [1.29, 1.82) is 0 Å². The van der Waals surface area contributed by atoms with Gasteiger partial charge in [0.25, 0.3) is 0 Å². The summed E-state index contributed by atoms with van der Waals surface area (Å²) in [7, 11) is 1.71. The minimum Gasteiger partial charge on any atom is -0.359 e. The van der Waals surface area contributed by atoms with Gasteiger partial charge in [0, 0.05) is 39.6 Å². The molecule has 1 heterocycles. The van der Waals surface area contributed by atoms with E-state index in [2.05, 4.69) is 65.5 Å². The van der Waals surface area contributed by atoms with E-state index in [9.17, 15) is 4.79 Å². The van der Waals surface area contributed by atoms with E-state index in [-0.39, 0.29) is 29.9 Å². The number of piperidine rings is 1. The van der Waals surface area contributed by atoms with Crippen LogP contribution < -0.4 is 10.6 Å². The number of aliphatic imine (C=N–C) groups is 1. The first kappa shape index (κ1) is 26.7. The Kier molecular flexibility index (Phi) is 13.0. The van der Waals surface area contributed by atoms with Crippen molar-refractivity contribution in [2.75, 3.05) is 39.8 Å². The number of carbonyl (C=O) groups excluding carboxylic acids is 1. The van der Waals surface area contributed by atoms with Gasteiger partial charge in [0.05, 0.1) is 6.54 Å². The largest absolute Gasteiger partial charge is 0.359 e. The van der Waals surface area contributed by atoms with E-state index < -0.39 is 0 Å². The number of amides is 1. The van der Waals surface area contributed by atoms with Gasteiger partial charge in [-0.1, -0.05) is 38.1 Å². The molecule has 0 atom stereocenters. The van der Waals surface area contributed by atoms with E-state index in [1.807, 2.05) is 0 Å². The number of carbonyl (C=O) groups is 1. The molecule has 1 aliphatic rings. The zero-order valence-electron chi connectivity index (χ0n) is 19.1. The van der Waals surface area contributed by atoms with Crippen molar-refractivity contribution in [3.63, 3.8) is 0 Å². The third-order valence-corrected chi connectivity index (χ3v) is 5.81. The van der Waals surface area contributed by atoms with Crippen LogP contribution in [0.2, 0.25) is 0 Å². The van der Waals surface area contributed by atoms with E-state index in [0.717, 1.165) is 58.1 Å². The Bertz CT molecular complexity index is 655. The fraction of sp³-hybridized carbons (Fsp3) is 0.652. The van der Waals surface area contributed by atoms with E-state index in [1.165, 1.54) is 11.1 Å². The van der Waals surface area contributed by atoms with Gasteiger partial charge in [0.15, 0.2) is 5.96 Å². The van der Waals surface area contributed by atoms with E-state index in [4.69, 9.17) is 4.99 Å². The van der Waals surface area contributed by atoms with Crippen LogP contribution >= 0.6 is 24.0 Å². The minimum absolute atomic E-state index is 0. The molecular weight excluding hydrogens is 489 g/mol. The molecule has 0 spiro atoms. The number of guanidine groups is 1.